The standard InChI is InChI=1S/C8H9ClO4S/c9-7-1-3-8(4-2-7)13-5-6-14(10,11)12/h1-4H,5-6H2,(H,10,11,12). The first-order valence-electron chi connectivity index (χ1n) is 3.81. The molecule has 0 aliphatic rings. The van der Waals surface area contributed by atoms with Crippen LogP contribution < -0.4 is 4.74 Å². The molecule has 0 atom stereocenters. The van der Waals surface area contributed by atoms with Crippen molar-refractivity contribution in [2.45, 2.75) is 0 Å². The van der Waals surface area contributed by atoms with E-state index in [1.165, 1.54) is 0 Å². The molecule has 0 heterocycles. The Kier molecular flexibility index (Phi) is 3.74. The third kappa shape index (κ3) is 4.45. The van der Waals surface area contributed by atoms with Gasteiger partial charge in [-0.2, -0.15) is 8.42 Å². The normalized spacial score (nSPS) is 11.3. The third-order valence-corrected chi connectivity index (χ3v) is 2.36. The van der Waals surface area contributed by atoms with Gasteiger partial charge >= 0.3 is 0 Å². The van der Waals surface area contributed by atoms with Gasteiger partial charge in [0.2, 0.25) is 0 Å². The Morgan fingerprint density at radius 2 is 1.86 bits per heavy atom. The average molecular weight is 237 g/mol. The van der Waals surface area contributed by atoms with Gasteiger partial charge < -0.3 is 4.74 Å². The maximum atomic E-state index is 10.3. The molecule has 0 radical (unpaired) electrons. The fourth-order valence-electron chi connectivity index (χ4n) is 0.796. The topological polar surface area (TPSA) is 63.6 Å². The molecule has 14 heavy (non-hydrogen) atoms. The molecule has 0 fully saturated rings. The van der Waals surface area contributed by atoms with E-state index in [0.717, 1.165) is 0 Å². The van der Waals surface area contributed by atoms with Crippen LogP contribution in [0.3, 0.4) is 0 Å². The highest BCUT2D eigenvalue weighted by Gasteiger charge is 2.04. The Morgan fingerprint density at radius 3 is 2.36 bits per heavy atom. The molecule has 4 nitrogen and oxygen atoms in total. The Bertz CT molecular complexity index is 384. The average Bonchev–Trinajstić information content (AvgIpc) is 2.06. The maximum absolute atomic E-state index is 10.3. The number of hydrogen-bond acceptors (Lipinski definition) is 3. The molecule has 1 aromatic rings. The highest BCUT2D eigenvalue weighted by Crippen LogP contribution is 2.15. The van der Waals surface area contributed by atoms with E-state index in [9.17, 15) is 8.42 Å². The maximum Gasteiger partial charge on any atom is 0.268 e. The Balaban J connectivity index is 2.43. The summed E-state index contributed by atoms with van der Waals surface area (Å²) in [6, 6.07) is 6.49. The second-order valence-corrected chi connectivity index (χ2v) is 4.60. The van der Waals surface area contributed by atoms with Crippen LogP contribution in [0.1, 0.15) is 0 Å². The van der Waals surface area contributed by atoms with Crippen molar-refractivity contribution >= 4 is 21.7 Å². The molecule has 78 valence electrons. The zero-order valence-electron chi connectivity index (χ0n) is 7.18. The minimum Gasteiger partial charge on any atom is -0.492 e. The zero-order chi connectivity index (χ0) is 10.6. The molecule has 0 aliphatic heterocycles. The van der Waals surface area contributed by atoms with Crippen LogP contribution in [0, 0.1) is 0 Å². The molecular formula is C8H9ClO4S. The predicted molar refractivity (Wildman–Crippen MR) is 53.4 cm³/mol. The monoisotopic (exact) mass is 236 g/mol. The Labute approximate surface area is 87.2 Å². The highest BCUT2D eigenvalue weighted by molar-refractivity contribution is 7.85. The number of halogens is 1. The molecule has 0 bridgehead atoms. The van der Waals surface area contributed by atoms with E-state index in [-0.39, 0.29) is 6.61 Å². The SMILES string of the molecule is O=S(=O)(O)CCOc1ccc(Cl)cc1. The lowest BCUT2D eigenvalue weighted by Gasteiger charge is -2.03. The van der Waals surface area contributed by atoms with Gasteiger partial charge in [-0.25, -0.2) is 0 Å². The van der Waals surface area contributed by atoms with E-state index < -0.39 is 15.9 Å². The summed E-state index contributed by atoms with van der Waals surface area (Å²) in [7, 11) is -3.95. The fraction of sp³-hybridized carbons (Fsp3) is 0.250. The number of benzene rings is 1. The van der Waals surface area contributed by atoms with Crippen molar-refractivity contribution in [3.63, 3.8) is 0 Å². The summed E-state index contributed by atoms with van der Waals surface area (Å²) in [5, 5.41) is 0.576. The van der Waals surface area contributed by atoms with E-state index in [4.69, 9.17) is 20.9 Å². The van der Waals surface area contributed by atoms with Crippen molar-refractivity contribution in [1.29, 1.82) is 0 Å². The van der Waals surface area contributed by atoms with E-state index in [1.54, 1.807) is 24.3 Å². The summed E-state index contributed by atoms with van der Waals surface area (Å²) in [6.45, 7) is -0.0829. The Hall–Kier alpha value is -0.780. The van der Waals surface area contributed by atoms with Crippen LogP contribution in [0.2, 0.25) is 5.02 Å². The largest absolute Gasteiger partial charge is 0.492 e. The number of ether oxygens (including phenoxy) is 1. The molecule has 1 rings (SSSR count). The van der Waals surface area contributed by atoms with E-state index in [1.807, 2.05) is 0 Å². The summed E-state index contributed by atoms with van der Waals surface area (Å²) < 4.78 is 34.1. The lowest BCUT2D eigenvalue weighted by atomic mass is 10.3. The predicted octanol–water partition coefficient (Wildman–Crippen LogP) is 1.61. The van der Waals surface area contributed by atoms with Crippen molar-refractivity contribution in [1.82, 2.24) is 0 Å². The fourth-order valence-corrected chi connectivity index (χ4v) is 1.22. The lowest BCUT2D eigenvalue weighted by molar-refractivity contribution is 0.336. The van der Waals surface area contributed by atoms with Gasteiger partial charge in [0.15, 0.2) is 0 Å². The van der Waals surface area contributed by atoms with Crippen LogP contribution in [0.5, 0.6) is 5.75 Å². The van der Waals surface area contributed by atoms with Gasteiger partial charge in [0.1, 0.15) is 18.1 Å². The summed E-state index contributed by atoms with van der Waals surface area (Å²) >= 11 is 5.63. The summed E-state index contributed by atoms with van der Waals surface area (Å²) in [6.07, 6.45) is 0. The lowest BCUT2D eigenvalue weighted by Crippen LogP contribution is -2.12. The van der Waals surface area contributed by atoms with Crippen LogP contribution in [-0.4, -0.2) is 25.3 Å². The van der Waals surface area contributed by atoms with Crippen LogP contribution in [0.4, 0.5) is 0 Å². The van der Waals surface area contributed by atoms with Gasteiger partial charge in [-0.1, -0.05) is 11.6 Å². The summed E-state index contributed by atoms with van der Waals surface area (Å²) in [5.41, 5.74) is 0. The van der Waals surface area contributed by atoms with Crippen molar-refractivity contribution in [2.24, 2.45) is 0 Å². The van der Waals surface area contributed by atoms with E-state index in [0.29, 0.717) is 10.8 Å². The molecule has 0 saturated carbocycles. The van der Waals surface area contributed by atoms with Crippen molar-refractivity contribution < 1.29 is 17.7 Å². The first-order chi connectivity index (χ1) is 6.47. The minimum atomic E-state index is -3.95. The van der Waals surface area contributed by atoms with Crippen LogP contribution in [-0.2, 0) is 10.1 Å². The van der Waals surface area contributed by atoms with Gasteiger partial charge in [-0.15, -0.1) is 0 Å². The van der Waals surface area contributed by atoms with Crippen molar-refractivity contribution in [3.05, 3.63) is 29.3 Å². The highest BCUT2D eigenvalue weighted by atomic mass is 35.5. The van der Waals surface area contributed by atoms with Crippen molar-refractivity contribution in [3.8, 4) is 5.75 Å². The van der Waals surface area contributed by atoms with Gasteiger partial charge in [0.05, 0.1) is 0 Å². The number of rotatable bonds is 4. The molecule has 6 heteroatoms. The molecular weight excluding hydrogens is 228 g/mol. The molecule has 0 unspecified atom stereocenters. The quantitative estimate of drug-likeness (QED) is 0.807. The summed E-state index contributed by atoms with van der Waals surface area (Å²) in [5.74, 6) is 0.0911. The number of hydrogen-bond donors (Lipinski definition) is 1. The van der Waals surface area contributed by atoms with Gasteiger partial charge in [0, 0.05) is 5.02 Å². The van der Waals surface area contributed by atoms with E-state index in [2.05, 4.69) is 0 Å². The molecule has 1 aromatic carbocycles. The molecule has 0 saturated heterocycles. The third-order valence-electron chi connectivity index (χ3n) is 1.42. The molecule has 0 aliphatic carbocycles. The molecule has 0 amide bonds. The molecule has 1 N–H and O–H groups in total. The zero-order valence-corrected chi connectivity index (χ0v) is 8.75. The van der Waals surface area contributed by atoms with Gasteiger partial charge in [-0.3, -0.25) is 4.55 Å². The first-order valence-corrected chi connectivity index (χ1v) is 5.79. The van der Waals surface area contributed by atoms with Gasteiger partial charge in [-0.05, 0) is 24.3 Å². The Morgan fingerprint density at radius 1 is 1.29 bits per heavy atom. The van der Waals surface area contributed by atoms with Crippen LogP contribution >= 0.6 is 11.6 Å². The van der Waals surface area contributed by atoms with E-state index >= 15 is 0 Å². The second-order valence-electron chi connectivity index (χ2n) is 2.59. The summed E-state index contributed by atoms with van der Waals surface area (Å²) in [4.78, 5) is 0. The van der Waals surface area contributed by atoms with Crippen LogP contribution in [0.15, 0.2) is 24.3 Å². The first kappa shape index (κ1) is 11.3. The van der Waals surface area contributed by atoms with Crippen molar-refractivity contribution in [2.75, 3.05) is 12.4 Å². The molecule has 0 aromatic heterocycles. The molecule has 0 spiro atoms. The second kappa shape index (κ2) is 4.63. The smallest absolute Gasteiger partial charge is 0.268 e. The van der Waals surface area contributed by atoms with Gasteiger partial charge in [0.25, 0.3) is 10.1 Å². The minimum absolute atomic E-state index is 0.0829. The van der Waals surface area contributed by atoms with Crippen LogP contribution in [0.25, 0.3) is 0 Å².